The lowest BCUT2D eigenvalue weighted by atomic mass is 10.2. The second-order valence-electron chi connectivity index (χ2n) is 6.10. The number of amides is 1. The predicted octanol–water partition coefficient (Wildman–Crippen LogP) is 1.99. The van der Waals surface area contributed by atoms with Gasteiger partial charge < -0.3 is 19.4 Å². The zero-order valence-electron chi connectivity index (χ0n) is 14.7. The molecule has 0 saturated heterocycles. The van der Waals surface area contributed by atoms with E-state index >= 15 is 0 Å². The molecule has 1 N–H and O–H groups in total. The molecule has 0 unspecified atom stereocenters. The molecule has 0 aliphatic carbocycles. The Morgan fingerprint density at radius 1 is 1.12 bits per heavy atom. The number of benzene rings is 1. The first kappa shape index (κ1) is 17.3. The van der Waals surface area contributed by atoms with Crippen molar-refractivity contribution in [3.8, 4) is 11.5 Å². The number of aromatic nitrogens is 3. The number of nitrogens with one attached hydrogen (secondary N) is 1. The molecule has 1 aromatic heterocycles. The average molecular weight is 344 g/mol. The standard InChI is InChI=1S/C18H24N4O3/c1-24-14-10-13(11-15(12-14)25-2)18(23)19-8-7-17-21-20-16-6-4-3-5-9-22(16)17/h10-12H,3-9H2,1-2H3,(H,19,23). The molecule has 2 aromatic rings. The molecule has 0 atom stereocenters. The van der Waals surface area contributed by atoms with Crippen molar-refractivity contribution >= 4 is 5.91 Å². The van der Waals surface area contributed by atoms with Gasteiger partial charge in [0, 0.05) is 37.6 Å². The van der Waals surface area contributed by atoms with E-state index < -0.39 is 0 Å². The Hall–Kier alpha value is -2.57. The molecule has 0 spiro atoms. The highest BCUT2D eigenvalue weighted by Gasteiger charge is 2.15. The van der Waals surface area contributed by atoms with Crippen LogP contribution in [0.4, 0.5) is 0 Å². The third-order valence-electron chi connectivity index (χ3n) is 4.43. The minimum atomic E-state index is -0.159. The molecule has 3 rings (SSSR count). The summed E-state index contributed by atoms with van der Waals surface area (Å²) in [5, 5.41) is 11.5. The van der Waals surface area contributed by atoms with Gasteiger partial charge in [0.25, 0.3) is 5.91 Å². The molecule has 7 nitrogen and oxygen atoms in total. The van der Waals surface area contributed by atoms with Crippen LogP contribution in [0.5, 0.6) is 11.5 Å². The minimum absolute atomic E-state index is 0.159. The number of ether oxygens (including phenoxy) is 2. The highest BCUT2D eigenvalue weighted by atomic mass is 16.5. The van der Waals surface area contributed by atoms with E-state index in [1.54, 1.807) is 32.4 Å². The highest BCUT2D eigenvalue weighted by Crippen LogP contribution is 2.22. The Kier molecular flexibility index (Phi) is 5.53. The predicted molar refractivity (Wildman–Crippen MR) is 93.2 cm³/mol. The van der Waals surface area contributed by atoms with E-state index in [2.05, 4.69) is 20.1 Å². The fraction of sp³-hybridized carbons (Fsp3) is 0.500. The van der Waals surface area contributed by atoms with Crippen LogP contribution >= 0.6 is 0 Å². The molecule has 1 aromatic carbocycles. The van der Waals surface area contributed by atoms with Gasteiger partial charge in [0.1, 0.15) is 23.1 Å². The van der Waals surface area contributed by atoms with Gasteiger partial charge in [-0.1, -0.05) is 6.42 Å². The van der Waals surface area contributed by atoms with E-state index in [4.69, 9.17) is 9.47 Å². The van der Waals surface area contributed by atoms with Crippen molar-refractivity contribution < 1.29 is 14.3 Å². The second-order valence-corrected chi connectivity index (χ2v) is 6.10. The van der Waals surface area contributed by atoms with Crippen LogP contribution in [0.25, 0.3) is 0 Å². The van der Waals surface area contributed by atoms with Gasteiger partial charge in [0.05, 0.1) is 14.2 Å². The first-order valence-corrected chi connectivity index (χ1v) is 8.63. The number of methoxy groups -OCH3 is 2. The fourth-order valence-corrected chi connectivity index (χ4v) is 3.06. The number of hydrogen-bond donors (Lipinski definition) is 1. The lowest BCUT2D eigenvalue weighted by Crippen LogP contribution is -2.26. The van der Waals surface area contributed by atoms with Crippen LogP contribution < -0.4 is 14.8 Å². The van der Waals surface area contributed by atoms with Crippen molar-refractivity contribution in [2.45, 2.75) is 38.6 Å². The van der Waals surface area contributed by atoms with Crippen LogP contribution in [-0.2, 0) is 19.4 Å². The van der Waals surface area contributed by atoms with Gasteiger partial charge in [-0.3, -0.25) is 4.79 Å². The van der Waals surface area contributed by atoms with Gasteiger partial charge in [-0.15, -0.1) is 10.2 Å². The fourth-order valence-electron chi connectivity index (χ4n) is 3.06. The van der Waals surface area contributed by atoms with Crippen LogP contribution in [0.2, 0.25) is 0 Å². The Morgan fingerprint density at radius 3 is 2.60 bits per heavy atom. The lowest BCUT2D eigenvalue weighted by molar-refractivity contribution is 0.0953. The smallest absolute Gasteiger partial charge is 0.251 e. The maximum Gasteiger partial charge on any atom is 0.251 e. The molecule has 7 heteroatoms. The Balaban J connectivity index is 1.61. The summed E-state index contributed by atoms with van der Waals surface area (Å²) in [6, 6.07) is 5.13. The molecule has 134 valence electrons. The van der Waals surface area contributed by atoms with Crippen molar-refractivity contribution in [3.63, 3.8) is 0 Å². The monoisotopic (exact) mass is 344 g/mol. The summed E-state index contributed by atoms with van der Waals surface area (Å²) in [7, 11) is 3.13. The van der Waals surface area contributed by atoms with E-state index in [-0.39, 0.29) is 5.91 Å². The van der Waals surface area contributed by atoms with Gasteiger partial charge in [-0.05, 0) is 25.0 Å². The molecule has 0 fully saturated rings. The van der Waals surface area contributed by atoms with Gasteiger partial charge in [0.15, 0.2) is 0 Å². The molecule has 1 aliphatic heterocycles. The van der Waals surface area contributed by atoms with Crippen LogP contribution in [0.3, 0.4) is 0 Å². The molecule has 0 radical (unpaired) electrons. The van der Waals surface area contributed by atoms with Crippen LogP contribution in [0.1, 0.15) is 41.3 Å². The van der Waals surface area contributed by atoms with Crippen molar-refractivity contribution in [1.29, 1.82) is 0 Å². The quantitative estimate of drug-likeness (QED) is 0.867. The van der Waals surface area contributed by atoms with Crippen LogP contribution in [0.15, 0.2) is 18.2 Å². The van der Waals surface area contributed by atoms with E-state index in [1.165, 1.54) is 12.8 Å². The molecule has 25 heavy (non-hydrogen) atoms. The summed E-state index contributed by atoms with van der Waals surface area (Å²) in [6.45, 7) is 1.48. The van der Waals surface area contributed by atoms with Crippen molar-refractivity contribution in [3.05, 3.63) is 35.4 Å². The van der Waals surface area contributed by atoms with E-state index in [9.17, 15) is 4.79 Å². The topological polar surface area (TPSA) is 78.3 Å². The van der Waals surface area contributed by atoms with Gasteiger partial charge in [-0.25, -0.2) is 0 Å². The molecule has 1 amide bonds. The number of hydrogen-bond acceptors (Lipinski definition) is 5. The zero-order valence-corrected chi connectivity index (χ0v) is 14.7. The summed E-state index contributed by atoms with van der Waals surface area (Å²) in [5.41, 5.74) is 0.510. The normalized spacial score (nSPS) is 13.7. The molecular formula is C18H24N4O3. The van der Waals surface area contributed by atoms with Gasteiger partial charge in [-0.2, -0.15) is 0 Å². The number of carbonyl (C=O) groups excluding carboxylic acids is 1. The van der Waals surface area contributed by atoms with E-state index in [0.717, 1.165) is 31.0 Å². The first-order valence-electron chi connectivity index (χ1n) is 8.63. The molecular weight excluding hydrogens is 320 g/mol. The Morgan fingerprint density at radius 2 is 1.88 bits per heavy atom. The third-order valence-corrected chi connectivity index (χ3v) is 4.43. The largest absolute Gasteiger partial charge is 0.497 e. The summed E-state index contributed by atoms with van der Waals surface area (Å²) < 4.78 is 12.6. The van der Waals surface area contributed by atoms with Crippen molar-refractivity contribution in [2.24, 2.45) is 0 Å². The third kappa shape index (κ3) is 4.10. The number of aryl methyl sites for hydroxylation is 1. The lowest BCUT2D eigenvalue weighted by Gasteiger charge is -2.10. The van der Waals surface area contributed by atoms with Gasteiger partial charge in [0.2, 0.25) is 0 Å². The van der Waals surface area contributed by atoms with Crippen molar-refractivity contribution in [2.75, 3.05) is 20.8 Å². The summed E-state index contributed by atoms with van der Waals surface area (Å²) in [6.07, 6.45) is 5.22. The van der Waals surface area contributed by atoms with Gasteiger partial charge >= 0.3 is 0 Å². The molecule has 1 aliphatic rings. The van der Waals surface area contributed by atoms with Crippen molar-refractivity contribution in [1.82, 2.24) is 20.1 Å². The number of rotatable bonds is 6. The number of nitrogens with zero attached hydrogens (tertiary/aromatic N) is 3. The minimum Gasteiger partial charge on any atom is -0.497 e. The number of carbonyl (C=O) groups is 1. The highest BCUT2D eigenvalue weighted by molar-refractivity contribution is 5.95. The average Bonchev–Trinajstić information content (AvgIpc) is 2.87. The molecule has 0 bridgehead atoms. The molecule has 2 heterocycles. The van der Waals surface area contributed by atoms with Crippen LogP contribution in [0, 0.1) is 0 Å². The van der Waals surface area contributed by atoms with E-state index in [0.29, 0.717) is 30.0 Å². The Labute approximate surface area is 147 Å². The summed E-state index contributed by atoms with van der Waals surface area (Å²) in [4.78, 5) is 12.4. The molecule has 0 saturated carbocycles. The number of fused-ring (bicyclic) bond motifs is 1. The van der Waals surface area contributed by atoms with E-state index in [1.807, 2.05) is 0 Å². The maximum absolute atomic E-state index is 12.4. The summed E-state index contributed by atoms with van der Waals surface area (Å²) >= 11 is 0. The maximum atomic E-state index is 12.4. The second kappa shape index (κ2) is 8.00. The SMILES string of the molecule is COc1cc(OC)cc(C(=O)NCCc2nnc3n2CCCCC3)c1. The zero-order chi connectivity index (χ0) is 17.6. The van der Waals surface area contributed by atoms with Crippen LogP contribution in [-0.4, -0.2) is 41.4 Å². The Bertz CT molecular complexity index is 720. The first-order chi connectivity index (χ1) is 12.2. The summed E-state index contributed by atoms with van der Waals surface area (Å²) in [5.74, 6) is 3.03.